The number of hydrogen-bond donors (Lipinski definition) is 0. The fourth-order valence-electron chi connectivity index (χ4n) is 12.5. The van der Waals surface area contributed by atoms with Crippen molar-refractivity contribution in [2.45, 2.75) is 115 Å². The molecule has 0 aliphatic carbocycles. The molecule has 0 saturated carbocycles. The predicted octanol–water partition coefficient (Wildman–Crippen LogP) is 28.8. The topological polar surface area (TPSA) is 0 Å². The van der Waals surface area contributed by atoms with Crippen molar-refractivity contribution in [2.75, 3.05) is 0 Å². The minimum Gasteiger partial charge on any atom is -0.144 e. The monoisotopic (exact) mass is 1300 g/mol. The number of fused-ring (bicyclic) bond motifs is 7. The third kappa shape index (κ3) is 18.0. The predicted molar refractivity (Wildman–Crippen MR) is 432 cm³/mol. The molecule has 16 aromatic rings. The molecule has 0 aliphatic rings. The summed E-state index contributed by atoms with van der Waals surface area (Å²) in [5.74, 6) is 0. The van der Waals surface area contributed by atoms with Gasteiger partial charge < -0.3 is 0 Å². The van der Waals surface area contributed by atoms with Gasteiger partial charge in [0.1, 0.15) is 0 Å². The van der Waals surface area contributed by atoms with Crippen molar-refractivity contribution in [3.8, 4) is 22.3 Å². The second-order valence-corrected chi connectivity index (χ2v) is 30.4. The summed E-state index contributed by atoms with van der Waals surface area (Å²) in [6.07, 6.45) is 0. The average molecular weight is 1310 g/mol. The van der Waals surface area contributed by atoms with Crippen LogP contribution in [-0.2, 0) is 10.8 Å². The van der Waals surface area contributed by atoms with E-state index < -0.39 is 0 Å². The van der Waals surface area contributed by atoms with Crippen LogP contribution in [0.15, 0.2) is 283 Å². The van der Waals surface area contributed by atoms with Gasteiger partial charge in [0.15, 0.2) is 0 Å². The van der Waals surface area contributed by atoms with Gasteiger partial charge >= 0.3 is 0 Å². The molecular formula is C93H92S3. The second-order valence-electron chi connectivity index (χ2n) is 27.6. The van der Waals surface area contributed by atoms with Crippen LogP contribution in [-0.4, -0.2) is 0 Å². The third-order valence-corrected chi connectivity index (χ3v) is 20.7. The van der Waals surface area contributed by atoms with Crippen LogP contribution in [0.3, 0.4) is 0 Å². The SMILES string of the molecule is Cc1c(-c2ccccc2)ccc2ccsc12.Cc1cc(-c2ccccc2)cc2ccsc12.Cc1cc(C(C)(C)C)c2ccccc2c1.Cc1cc2ccccc2cc1C(C)(C)C.Cc1ccc2cc(C)ccc2c1.Cc1ccc2ccc(C)cc2c1.Cc1cccc2ccsc12. The summed E-state index contributed by atoms with van der Waals surface area (Å²) in [5, 5.41) is 21.3. The molecule has 0 amide bonds. The molecule has 96 heavy (non-hydrogen) atoms. The molecule has 0 radical (unpaired) electrons. The molecule has 0 saturated heterocycles. The normalized spacial score (nSPS) is 11.1. The number of benzene rings is 13. The summed E-state index contributed by atoms with van der Waals surface area (Å²) in [5.41, 5.74) is 20.8. The first-order chi connectivity index (χ1) is 46.1. The van der Waals surface area contributed by atoms with E-state index >= 15 is 0 Å². The van der Waals surface area contributed by atoms with Crippen LogP contribution in [0.1, 0.15) is 103 Å². The highest BCUT2D eigenvalue weighted by molar-refractivity contribution is 7.18. The van der Waals surface area contributed by atoms with E-state index in [-0.39, 0.29) is 10.8 Å². The largest absolute Gasteiger partial charge is 0.144 e. The maximum atomic E-state index is 2.32. The molecule has 0 bridgehead atoms. The van der Waals surface area contributed by atoms with Crippen LogP contribution in [0.4, 0.5) is 0 Å². The summed E-state index contributed by atoms with van der Waals surface area (Å²) in [6.45, 7) is 33.0. The highest BCUT2D eigenvalue weighted by atomic mass is 32.1. The molecule has 0 aliphatic heterocycles. The van der Waals surface area contributed by atoms with E-state index in [2.05, 4.69) is 387 Å². The van der Waals surface area contributed by atoms with Crippen LogP contribution in [0.5, 0.6) is 0 Å². The molecule has 0 atom stereocenters. The lowest BCUT2D eigenvalue weighted by Gasteiger charge is -2.22. The molecule has 3 heteroatoms. The van der Waals surface area contributed by atoms with E-state index in [1.807, 2.05) is 34.0 Å². The molecule has 0 spiro atoms. The first kappa shape index (κ1) is 69.6. The smallest absolute Gasteiger partial charge is 0.0378 e. The molecule has 3 aromatic heterocycles. The van der Waals surface area contributed by atoms with Gasteiger partial charge in [-0.15, -0.1) is 34.0 Å². The lowest BCUT2D eigenvalue weighted by Crippen LogP contribution is -2.12. The lowest BCUT2D eigenvalue weighted by atomic mass is 9.83. The van der Waals surface area contributed by atoms with Gasteiger partial charge in [-0.05, 0) is 234 Å². The molecule has 0 unspecified atom stereocenters. The minimum absolute atomic E-state index is 0.214. The van der Waals surface area contributed by atoms with Crippen molar-refractivity contribution >= 4 is 107 Å². The Hall–Kier alpha value is -9.22. The number of thiophene rings is 3. The molecule has 16 rings (SSSR count). The molecule has 482 valence electrons. The zero-order chi connectivity index (χ0) is 68.1. The van der Waals surface area contributed by atoms with Crippen molar-refractivity contribution in [1.29, 1.82) is 0 Å². The zero-order valence-electron chi connectivity index (χ0n) is 58.9. The fraction of sp³-hybridized carbons (Fsp3) is 0.183. The van der Waals surface area contributed by atoms with Crippen molar-refractivity contribution in [3.63, 3.8) is 0 Å². The van der Waals surface area contributed by atoms with Crippen LogP contribution >= 0.6 is 34.0 Å². The standard InChI is InChI=1S/2C15H12S.2C15H18.2C12H12.C9H8S/c1-11-9-14(12-5-3-2-4-6-12)10-13-7-8-16-15(11)13;1-11-14(12-5-3-2-4-6-12)8-7-13-9-10-16-15(11)13;1-11-9-12-7-5-6-8-13(12)10-14(11)15(2,3)4;1-11-9-12-7-5-6-8-13(12)14(10-11)15(2,3)4;1-9-3-5-12-8-10(2)4-6-11(12)7-9;1-9-3-5-11-6-4-10(2)8-12(11)7-9;1-7-3-2-4-8-5-6-10-9(7)8/h2*2-10H,1H3;2*5-10H,1-4H3;2*3-8H,1-2H3;2-6H,1H3. The summed E-state index contributed by atoms with van der Waals surface area (Å²) >= 11 is 5.45. The van der Waals surface area contributed by atoms with Gasteiger partial charge in [-0.1, -0.05) is 306 Å². The molecule has 13 aromatic carbocycles. The molecule has 3 heterocycles. The van der Waals surface area contributed by atoms with Gasteiger partial charge in [-0.2, -0.15) is 0 Å². The average Bonchev–Trinajstić information content (AvgIpc) is 0.868. The van der Waals surface area contributed by atoms with Gasteiger partial charge in [0.05, 0.1) is 0 Å². The molecule has 0 N–H and O–H groups in total. The molecule has 0 fully saturated rings. The van der Waals surface area contributed by atoms with Gasteiger partial charge in [0, 0.05) is 14.1 Å². The Bertz CT molecular complexity index is 5150. The Labute approximate surface area is 584 Å². The van der Waals surface area contributed by atoms with Crippen LogP contribution in [0.2, 0.25) is 0 Å². The van der Waals surface area contributed by atoms with E-state index in [9.17, 15) is 0 Å². The number of rotatable bonds is 2. The molecular weight excluding hydrogens is 1210 g/mol. The van der Waals surface area contributed by atoms with E-state index in [1.54, 1.807) is 0 Å². The Morgan fingerprint density at radius 3 is 1.22 bits per heavy atom. The Morgan fingerprint density at radius 1 is 0.229 bits per heavy atom. The Kier molecular flexibility index (Phi) is 22.9. The van der Waals surface area contributed by atoms with Crippen molar-refractivity contribution in [3.05, 3.63) is 344 Å². The molecule has 0 nitrogen and oxygen atoms in total. The Balaban J connectivity index is 0.000000122. The maximum absolute atomic E-state index is 2.32. The van der Waals surface area contributed by atoms with Crippen molar-refractivity contribution in [1.82, 2.24) is 0 Å². The summed E-state index contributed by atoms with van der Waals surface area (Å²) in [7, 11) is 0. The first-order valence-corrected chi connectivity index (χ1v) is 36.1. The van der Waals surface area contributed by atoms with E-state index in [4.69, 9.17) is 0 Å². The number of hydrogen-bond acceptors (Lipinski definition) is 3. The van der Waals surface area contributed by atoms with E-state index in [0.29, 0.717) is 0 Å². The van der Waals surface area contributed by atoms with E-state index in [0.717, 1.165) is 0 Å². The van der Waals surface area contributed by atoms with E-state index in [1.165, 1.54) is 157 Å². The van der Waals surface area contributed by atoms with Crippen LogP contribution < -0.4 is 0 Å². The second kappa shape index (κ2) is 31.6. The minimum atomic E-state index is 0.214. The lowest BCUT2D eigenvalue weighted by molar-refractivity contribution is 0.587. The third-order valence-electron chi connectivity index (χ3n) is 17.5. The fourth-order valence-corrected chi connectivity index (χ4v) is 15.2. The summed E-state index contributed by atoms with van der Waals surface area (Å²) in [4.78, 5) is 0. The Morgan fingerprint density at radius 2 is 0.656 bits per heavy atom. The highest BCUT2D eigenvalue weighted by Crippen LogP contribution is 2.35. The van der Waals surface area contributed by atoms with Gasteiger partial charge in [-0.3, -0.25) is 0 Å². The maximum Gasteiger partial charge on any atom is 0.0378 e. The highest BCUT2D eigenvalue weighted by Gasteiger charge is 2.18. The van der Waals surface area contributed by atoms with Crippen molar-refractivity contribution in [2.24, 2.45) is 0 Å². The van der Waals surface area contributed by atoms with Gasteiger partial charge in [0.25, 0.3) is 0 Å². The quantitative estimate of drug-likeness (QED) is 0.162. The number of aryl methyl sites for hydroxylation is 9. The van der Waals surface area contributed by atoms with Gasteiger partial charge in [-0.25, -0.2) is 0 Å². The summed E-state index contributed by atoms with van der Waals surface area (Å²) in [6, 6.07) is 95.6. The van der Waals surface area contributed by atoms with Crippen LogP contribution in [0.25, 0.3) is 95.6 Å². The van der Waals surface area contributed by atoms with Gasteiger partial charge in [0.2, 0.25) is 0 Å². The first-order valence-electron chi connectivity index (χ1n) is 33.5. The summed E-state index contributed by atoms with van der Waals surface area (Å²) < 4.78 is 4.23. The van der Waals surface area contributed by atoms with Crippen molar-refractivity contribution < 1.29 is 0 Å². The zero-order valence-corrected chi connectivity index (χ0v) is 61.3. The van der Waals surface area contributed by atoms with Crippen LogP contribution in [0, 0.1) is 62.3 Å².